The van der Waals surface area contributed by atoms with Gasteiger partial charge in [0.25, 0.3) is 0 Å². The van der Waals surface area contributed by atoms with Crippen molar-refractivity contribution < 1.29 is 27.6 Å². The fourth-order valence-electron chi connectivity index (χ4n) is 3.19. The maximum Gasteiger partial charge on any atom is 0.417 e. The molecule has 0 saturated carbocycles. The maximum absolute atomic E-state index is 12.9. The van der Waals surface area contributed by atoms with Crippen LogP contribution in [0.4, 0.5) is 18.9 Å². The molecule has 0 bridgehead atoms. The van der Waals surface area contributed by atoms with Crippen molar-refractivity contribution in [2.45, 2.75) is 19.0 Å². The van der Waals surface area contributed by atoms with Gasteiger partial charge < -0.3 is 5.32 Å². The maximum atomic E-state index is 12.9. The zero-order chi connectivity index (χ0) is 19.1. The molecule has 1 heterocycles. The van der Waals surface area contributed by atoms with Gasteiger partial charge in [-0.1, -0.05) is 28.1 Å². The van der Waals surface area contributed by atoms with Crippen LogP contribution in [0.1, 0.15) is 18.4 Å². The molecule has 0 radical (unpaired) electrons. The summed E-state index contributed by atoms with van der Waals surface area (Å²) in [6.45, 7) is -0.512. The van der Waals surface area contributed by atoms with Gasteiger partial charge in [0.15, 0.2) is 0 Å². The lowest BCUT2D eigenvalue weighted by atomic mass is 9.85. The van der Waals surface area contributed by atoms with Crippen molar-refractivity contribution in [1.29, 1.82) is 0 Å². The molecule has 2 aliphatic rings. The van der Waals surface area contributed by atoms with E-state index in [1.54, 1.807) is 0 Å². The second-order valence-electron chi connectivity index (χ2n) is 6.16. The van der Waals surface area contributed by atoms with Crippen molar-refractivity contribution >= 4 is 39.3 Å². The molecule has 138 valence electrons. The first-order valence-electron chi connectivity index (χ1n) is 7.85. The van der Waals surface area contributed by atoms with Gasteiger partial charge in [-0.3, -0.25) is 19.3 Å². The van der Waals surface area contributed by atoms with E-state index in [-0.39, 0.29) is 10.2 Å². The number of carbonyl (C=O) groups is 3. The number of amides is 3. The quantitative estimate of drug-likeness (QED) is 0.590. The minimum atomic E-state index is -4.58. The van der Waals surface area contributed by atoms with E-state index in [0.29, 0.717) is 12.8 Å². The molecule has 5 nitrogen and oxygen atoms in total. The molecule has 9 heteroatoms. The summed E-state index contributed by atoms with van der Waals surface area (Å²) in [7, 11) is 0. The number of allylic oxidation sites excluding steroid dienone is 2. The molecule has 1 aliphatic heterocycles. The van der Waals surface area contributed by atoms with Crippen molar-refractivity contribution in [3.05, 3.63) is 40.4 Å². The number of halogens is 4. The summed E-state index contributed by atoms with van der Waals surface area (Å²) < 4.78 is 38.6. The van der Waals surface area contributed by atoms with E-state index < -0.39 is 47.8 Å². The third-order valence-electron chi connectivity index (χ3n) is 4.46. The first kappa shape index (κ1) is 18.6. The van der Waals surface area contributed by atoms with E-state index in [4.69, 9.17) is 0 Å². The normalized spacial score (nSPS) is 22.5. The van der Waals surface area contributed by atoms with E-state index in [9.17, 15) is 27.6 Å². The Morgan fingerprint density at radius 3 is 2.27 bits per heavy atom. The average Bonchev–Trinajstić information content (AvgIpc) is 2.81. The van der Waals surface area contributed by atoms with Gasteiger partial charge in [-0.05, 0) is 31.0 Å². The second kappa shape index (κ2) is 6.86. The summed E-state index contributed by atoms with van der Waals surface area (Å²) in [5.41, 5.74) is -0.996. The zero-order valence-corrected chi connectivity index (χ0v) is 14.9. The van der Waals surface area contributed by atoms with Crippen LogP contribution in [0.2, 0.25) is 0 Å². The molecular weight excluding hydrogens is 417 g/mol. The van der Waals surface area contributed by atoms with Crippen molar-refractivity contribution in [3.63, 3.8) is 0 Å². The molecule has 3 amide bonds. The lowest BCUT2D eigenvalue weighted by Gasteiger charge is -2.15. The lowest BCUT2D eigenvalue weighted by Crippen LogP contribution is -2.38. The number of imide groups is 1. The third-order valence-corrected chi connectivity index (χ3v) is 5.15. The second-order valence-corrected chi connectivity index (χ2v) is 7.01. The Kier molecular flexibility index (Phi) is 4.92. The molecule has 1 aromatic rings. The molecular formula is C17H14BrF3N2O3. The Labute approximate surface area is 155 Å². The predicted octanol–water partition coefficient (Wildman–Crippen LogP) is 3.36. The fraction of sp³-hybridized carbons (Fsp3) is 0.353. The highest BCUT2D eigenvalue weighted by molar-refractivity contribution is 9.10. The van der Waals surface area contributed by atoms with E-state index in [1.165, 1.54) is 12.1 Å². The lowest BCUT2D eigenvalue weighted by molar-refractivity contribution is -0.142. The van der Waals surface area contributed by atoms with Crippen LogP contribution in [0.3, 0.4) is 0 Å². The number of alkyl halides is 3. The molecule has 0 aromatic heterocycles. The number of fused-ring (bicyclic) bond motifs is 1. The number of benzene rings is 1. The number of carbonyl (C=O) groups excluding carboxylic acids is 3. The molecule has 1 aromatic carbocycles. The number of nitrogens with one attached hydrogen (secondary N) is 1. The number of nitrogens with zero attached hydrogens (tertiary/aromatic N) is 1. The zero-order valence-electron chi connectivity index (χ0n) is 13.3. The monoisotopic (exact) mass is 430 g/mol. The SMILES string of the molecule is O=C(CN1C(=O)[C@H]2CC=CC[C@H]2C1=O)Nc1ccc(Br)c(C(F)(F)F)c1. The number of likely N-dealkylation sites (tertiary alicyclic amines) is 1. The summed E-state index contributed by atoms with van der Waals surface area (Å²) in [6, 6.07) is 3.26. The minimum absolute atomic E-state index is 0.0660. The molecule has 26 heavy (non-hydrogen) atoms. The van der Waals surface area contributed by atoms with Gasteiger partial charge in [-0.2, -0.15) is 13.2 Å². The molecule has 0 spiro atoms. The Bertz CT molecular complexity index is 781. The molecule has 2 atom stereocenters. The van der Waals surface area contributed by atoms with Crippen molar-refractivity contribution in [2.24, 2.45) is 11.8 Å². The molecule has 1 aliphatic carbocycles. The topological polar surface area (TPSA) is 66.5 Å². The number of hydrogen-bond donors (Lipinski definition) is 1. The Balaban J connectivity index is 1.70. The highest BCUT2D eigenvalue weighted by atomic mass is 79.9. The Morgan fingerprint density at radius 1 is 1.15 bits per heavy atom. The van der Waals surface area contributed by atoms with Gasteiger partial charge >= 0.3 is 6.18 Å². The van der Waals surface area contributed by atoms with E-state index >= 15 is 0 Å². The highest BCUT2D eigenvalue weighted by Crippen LogP contribution is 2.37. The van der Waals surface area contributed by atoms with Crippen LogP contribution < -0.4 is 5.32 Å². The van der Waals surface area contributed by atoms with Crippen LogP contribution in [0, 0.1) is 11.8 Å². The van der Waals surface area contributed by atoms with E-state index in [0.717, 1.165) is 11.0 Å². The first-order chi connectivity index (χ1) is 12.2. The number of anilines is 1. The van der Waals surface area contributed by atoms with Crippen LogP contribution in [-0.2, 0) is 20.6 Å². The summed E-state index contributed by atoms with van der Waals surface area (Å²) in [6.07, 6.45) is -0.0139. The molecule has 1 N–H and O–H groups in total. The van der Waals surface area contributed by atoms with Gasteiger partial charge in [-0.25, -0.2) is 0 Å². The summed E-state index contributed by atoms with van der Waals surface area (Å²) in [5.74, 6) is -2.46. The Hall–Kier alpha value is -2.16. The number of rotatable bonds is 3. The molecule has 3 rings (SSSR count). The largest absolute Gasteiger partial charge is 0.417 e. The fourth-order valence-corrected chi connectivity index (χ4v) is 3.66. The summed E-state index contributed by atoms with van der Waals surface area (Å²) in [5, 5.41) is 2.31. The highest BCUT2D eigenvalue weighted by Gasteiger charge is 2.47. The summed E-state index contributed by atoms with van der Waals surface area (Å²) in [4.78, 5) is 37.6. The van der Waals surface area contributed by atoms with Crippen LogP contribution in [-0.4, -0.2) is 29.2 Å². The standard InChI is InChI=1S/C17H14BrF3N2O3/c18-13-6-5-9(7-12(13)17(19,20)21)22-14(24)8-23-15(25)10-3-1-2-4-11(10)16(23)26/h1-2,5-7,10-11H,3-4,8H2,(H,22,24)/t10-,11+. The van der Waals surface area contributed by atoms with Crippen molar-refractivity contribution in [2.75, 3.05) is 11.9 Å². The van der Waals surface area contributed by atoms with Crippen LogP contribution in [0.25, 0.3) is 0 Å². The Morgan fingerprint density at radius 2 is 1.73 bits per heavy atom. The van der Waals surface area contributed by atoms with Crippen LogP contribution >= 0.6 is 15.9 Å². The van der Waals surface area contributed by atoms with Crippen molar-refractivity contribution in [1.82, 2.24) is 4.90 Å². The minimum Gasteiger partial charge on any atom is -0.325 e. The molecule has 0 unspecified atom stereocenters. The van der Waals surface area contributed by atoms with Crippen LogP contribution in [0.5, 0.6) is 0 Å². The van der Waals surface area contributed by atoms with Gasteiger partial charge in [0, 0.05) is 10.2 Å². The van der Waals surface area contributed by atoms with Crippen molar-refractivity contribution in [3.8, 4) is 0 Å². The van der Waals surface area contributed by atoms with Gasteiger partial charge in [-0.15, -0.1) is 0 Å². The number of hydrogen-bond acceptors (Lipinski definition) is 3. The van der Waals surface area contributed by atoms with Gasteiger partial charge in [0.1, 0.15) is 6.54 Å². The molecule has 1 saturated heterocycles. The van der Waals surface area contributed by atoms with Gasteiger partial charge in [0.05, 0.1) is 17.4 Å². The van der Waals surface area contributed by atoms with Gasteiger partial charge in [0.2, 0.25) is 17.7 Å². The third kappa shape index (κ3) is 3.53. The van der Waals surface area contributed by atoms with Crippen LogP contribution in [0.15, 0.2) is 34.8 Å². The average molecular weight is 431 g/mol. The summed E-state index contributed by atoms with van der Waals surface area (Å²) >= 11 is 2.82. The van der Waals surface area contributed by atoms with E-state index in [2.05, 4.69) is 21.2 Å². The van der Waals surface area contributed by atoms with E-state index in [1.807, 2.05) is 12.2 Å². The smallest absolute Gasteiger partial charge is 0.325 e. The predicted molar refractivity (Wildman–Crippen MR) is 89.8 cm³/mol. The molecule has 1 fully saturated rings. The first-order valence-corrected chi connectivity index (χ1v) is 8.64.